The maximum absolute atomic E-state index is 13.3. The molecule has 0 aromatic heterocycles. The van der Waals surface area contributed by atoms with Crippen molar-refractivity contribution in [3.63, 3.8) is 0 Å². The fourth-order valence-corrected chi connectivity index (χ4v) is 3.44. The maximum Gasteiger partial charge on any atom is 0.317 e. The van der Waals surface area contributed by atoms with Crippen molar-refractivity contribution in [3.8, 4) is 0 Å². The zero-order chi connectivity index (χ0) is 18.2. The first-order valence-corrected chi connectivity index (χ1v) is 9.05. The first-order valence-electron chi connectivity index (χ1n) is 9.05. The second-order valence-corrected chi connectivity index (χ2v) is 6.49. The summed E-state index contributed by atoms with van der Waals surface area (Å²) in [4.78, 5) is 13.3. The van der Waals surface area contributed by atoms with Gasteiger partial charge in [0.1, 0.15) is 5.41 Å². The van der Waals surface area contributed by atoms with Gasteiger partial charge in [-0.1, -0.05) is 91.0 Å². The molecule has 2 heteroatoms. The summed E-state index contributed by atoms with van der Waals surface area (Å²) in [5, 5.41) is 0. The Bertz CT molecular complexity index is 769. The van der Waals surface area contributed by atoms with Crippen molar-refractivity contribution in [3.05, 3.63) is 108 Å². The van der Waals surface area contributed by atoms with Gasteiger partial charge >= 0.3 is 5.97 Å². The fraction of sp³-hybridized carbons (Fsp3) is 0.208. The van der Waals surface area contributed by atoms with Crippen LogP contribution in [0.15, 0.2) is 91.0 Å². The van der Waals surface area contributed by atoms with Crippen LogP contribution in [0.4, 0.5) is 0 Å². The molecule has 3 aromatic carbocycles. The molecule has 0 bridgehead atoms. The number of rotatable bonds is 7. The lowest BCUT2D eigenvalue weighted by Crippen LogP contribution is -2.42. The van der Waals surface area contributed by atoms with E-state index in [4.69, 9.17) is 4.74 Å². The third-order valence-corrected chi connectivity index (χ3v) is 4.69. The van der Waals surface area contributed by atoms with E-state index in [1.165, 1.54) is 0 Å². The number of benzene rings is 3. The average Bonchev–Trinajstić information content (AvgIpc) is 2.70. The first-order chi connectivity index (χ1) is 12.7. The Morgan fingerprint density at radius 2 is 1.15 bits per heavy atom. The molecule has 26 heavy (non-hydrogen) atoms. The molecule has 0 aliphatic heterocycles. The first kappa shape index (κ1) is 17.9. The standard InChI is InChI=1S/C24H24O2/c1-2-26-23(25)24(22-16-10-5-11-17-22,18-20-12-6-3-7-13-20)19-21-14-8-4-9-15-21/h3-17H,2,18-19H2,1H3. The Balaban J connectivity index is 2.11. The lowest BCUT2D eigenvalue weighted by atomic mass is 9.71. The van der Waals surface area contributed by atoms with Crippen LogP contribution >= 0.6 is 0 Å². The fourth-order valence-electron chi connectivity index (χ4n) is 3.44. The van der Waals surface area contributed by atoms with Crippen molar-refractivity contribution in [2.24, 2.45) is 0 Å². The summed E-state index contributed by atoms with van der Waals surface area (Å²) in [5.41, 5.74) is 2.49. The highest BCUT2D eigenvalue weighted by Gasteiger charge is 2.41. The molecule has 0 atom stereocenters. The van der Waals surface area contributed by atoms with Crippen molar-refractivity contribution >= 4 is 5.97 Å². The highest BCUT2D eigenvalue weighted by molar-refractivity contribution is 5.84. The van der Waals surface area contributed by atoms with Gasteiger partial charge in [-0.2, -0.15) is 0 Å². The van der Waals surface area contributed by atoms with E-state index in [-0.39, 0.29) is 5.97 Å². The van der Waals surface area contributed by atoms with E-state index in [1.807, 2.05) is 73.7 Å². The minimum Gasteiger partial charge on any atom is -0.465 e. The van der Waals surface area contributed by atoms with Crippen LogP contribution < -0.4 is 0 Å². The summed E-state index contributed by atoms with van der Waals surface area (Å²) in [7, 11) is 0. The molecule has 0 N–H and O–H groups in total. The van der Waals surface area contributed by atoms with E-state index in [9.17, 15) is 4.79 Å². The molecular formula is C24H24O2. The van der Waals surface area contributed by atoms with Crippen LogP contribution in [0, 0.1) is 0 Å². The summed E-state index contributed by atoms with van der Waals surface area (Å²) in [6, 6.07) is 30.3. The van der Waals surface area contributed by atoms with Gasteiger partial charge in [-0.15, -0.1) is 0 Å². The summed E-state index contributed by atoms with van der Waals surface area (Å²) in [6.45, 7) is 2.23. The summed E-state index contributed by atoms with van der Waals surface area (Å²) < 4.78 is 5.57. The number of hydrogen-bond acceptors (Lipinski definition) is 2. The molecule has 2 nitrogen and oxygen atoms in total. The van der Waals surface area contributed by atoms with Gasteiger partial charge < -0.3 is 4.74 Å². The second kappa shape index (κ2) is 8.48. The molecule has 0 saturated carbocycles. The molecule has 0 aliphatic rings. The van der Waals surface area contributed by atoms with Gasteiger partial charge in [0.15, 0.2) is 0 Å². The largest absolute Gasteiger partial charge is 0.465 e. The molecule has 0 spiro atoms. The summed E-state index contributed by atoms with van der Waals surface area (Å²) in [6.07, 6.45) is 1.21. The minimum absolute atomic E-state index is 0.168. The molecular weight excluding hydrogens is 320 g/mol. The van der Waals surface area contributed by atoms with E-state index in [2.05, 4.69) is 24.3 Å². The van der Waals surface area contributed by atoms with Crippen LogP contribution in [0.1, 0.15) is 23.6 Å². The van der Waals surface area contributed by atoms with Gasteiger partial charge in [0.05, 0.1) is 6.61 Å². The molecule has 0 unspecified atom stereocenters. The van der Waals surface area contributed by atoms with Crippen molar-refractivity contribution in [2.45, 2.75) is 25.2 Å². The SMILES string of the molecule is CCOC(=O)C(Cc1ccccc1)(Cc1ccccc1)c1ccccc1. The van der Waals surface area contributed by atoms with E-state index < -0.39 is 5.41 Å². The number of carbonyl (C=O) groups is 1. The molecule has 132 valence electrons. The van der Waals surface area contributed by atoms with Gasteiger partial charge in [-0.05, 0) is 36.5 Å². The van der Waals surface area contributed by atoms with Crippen molar-refractivity contribution in [1.82, 2.24) is 0 Å². The third-order valence-electron chi connectivity index (χ3n) is 4.69. The molecule has 0 radical (unpaired) electrons. The van der Waals surface area contributed by atoms with Crippen molar-refractivity contribution in [1.29, 1.82) is 0 Å². The smallest absolute Gasteiger partial charge is 0.317 e. The highest BCUT2D eigenvalue weighted by atomic mass is 16.5. The van der Waals surface area contributed by atoms with Gasteiger partial charge in [0.2, 0.25) is 0 Å². The Labute approximate surface area is 155 Å². The molecule has 0 amide bonds. The molecule has 0 heterocycles. The maximum atomic E-state index is 13.3. The van der Waals surface area contributed by atoms with Gasteiger partial charge in [-0.25, -0.2) is 0 Å². The predicted octanol–water partition coefficient (Wildman–Crippen LogP) is 4.97. The monoisotopic (exact) mass is 344 g/mol. The lowest BCUT2D eigenvalue weighted by Gasteiger charge is -2.32. The predicted molar refractivity (Wildman–Crippen MR) is 105 cm³/mol. The molecule has 0 fully saturated rings. The normalized spacial score (nSPS) is 11.1. The van der Waals surface area contributed by atoms with E-state index in [1.54, 1.807) is 0 Å². The average molecular weight is 344 g/mol. The lowest BCUT2D eigenvalue weighted by molar-refractivity contribution is -0.150. The van der Waals surface area contributed by atoms with Crippen LogP contribution in [0.3, 0.4) is 0 Å². The van der Waals surface area contributed by atoms with Crippen LogP contribution in [0.2, 0.25) is 0 Å². The Morgan fingerprint density at radius 1 is 0.731 bits per heavy atom. The third kappa shape index (κ3) is 4.02. The molecule has 3 aromatic rings. The number of hydrogen-bond donors (Lipinski definition) is 0. The van der Waals surface area contributed by atoms with Gasteiger partial charge in [-0.3, -0.25) is 4.79 Å². The van der Waals surface area contributed by atoms with E-state index >= 15 is 0 Å². The zero-order valence-electron chi connectivity index (χ0n) is 15.1. The number of ether oxygens (including phenoxy) is 1. The highest BCUT2D eigenvalue weighted by Crippen LogP contribution is 2.34. The van der Waals surface area contributed by atoms with Crippen molar-refractivity contribution in [2.75, 3.05) is 6.61 Å². The second-order valence-electron chi connectivity index (χ2n) is 6.49. The van der Waals surface area contributed by atoms with Crippen LogP contribution in [0.5, 0.6) is 0 Å². The molecule has 0 saturated heterocycles. The van der Waals surface area contributed by atoms with Gasteiger partial charge in [0.25, 0.3) is 0 Å². The minimum atomic E-state index is -0.750. The van der Waals surface area contributed by atoms with E-state index in [0.29, 0.717) is 19.4 Å². The van der Waals surface area contributed by atoms with Crippen LogP contribution in [-0.4, -0.2) is 12.6 Å². The van der Waals surface area contributed by atoms with Crippen molar-refractivity contribution < 1.29 is 9.53 Å². The Kier molecular flexibility index (Phi) is 5.85. The Hall–Kier alpha value is -2.87. The number of esters is 1. The quantitative estimate of drug-likeness (QED) is 0.566. The molecule has 3 rings (SSSR count). The van der Waals surface area contributed by atoms with Crippen LogP contribution in [0.25, 0.3) is 0 Å². The summed E-state index contributed by atoms with van der Waals surface area (Å²) >= 11 is 0. The number of carbonyl (C=O) groups excluding carboxylic acids is 1. The molecule has 0 aliphatic carbocycles. The zero-order valence-corrected chi connectivity index (χ0v) is 15.1. The Morgan fingerprint density at radius 3 is 1.58 bits per heavy atom. The summed E-state index contributed by atoms with van der Waals surface area (Å²) in [5.74, 6) is -0.168. The van der Waals surface area contributed by atoms with Crippen LogP contribution in [-0.2, 0) is 27.8 Å². The topological polar surface area (TPSA) is 26.3 Å². The van der Waals surface area contributed by atoms with Gasteiger partial charge in [0, 0.05) is 0 Å². The van der Waals surface area contributed by atoms with E-state index in [0.717, 1.165) is 16.7 Å².